The summed E-state index contributed by atoms with van der Waals surface area (Å²) in [6.45, 7) is 4.94. The lowest BCUT2D eigenvalue weighted by Gasteiger charge is -2.19. The van der Waals surface area contributed by atoms with Gasteiger partial charge in [-0.15, -0.1) is 0 Å². The number of aryl methyl sites for hydroxylation is 1. The van der Waals surface area contributed by atoms with Gasteiger partial charge < -0.3 is 10.0 Å². The van der Waals surface area contributed by atoms with E-state index in [1.54, 1.807) is 6.92 Å². The van der Waals surface area contributed by atoms with E-state index in [0.717, 1.165) is 16.1 Å². The van der Waals surface area contributed by atoms with Crippen molar-refractivity contribution >= 4 is 17.6 Å². The molecule has 1 aromatic rings. The van der Waals surface area contributed by atoms with Gasteiger partial charge in [-0.2, -0.15) is 0 Å². The van der Waals surface area contributed by atoms with E-state index in [9.17, 15) is 4.79 Å². The summed E-state index contributed by atoms with van der Waals surface area (Å²) >= 11 is 5.98. The van der Waals surface area contributed by atoms with Crippen molar-refractivity contribution in [3.05, 3.63) is 34.3 Å². The van der Waals surface area contributed by atoms with Gasteiger partial charge in [-0.1, -0.05) is 24.6 Å². The maximum Gasteiger partial charge on any atom is 0.307 e. The molecule has 1 rings (SSSR count). The fourth-order valence-corrected chi connectivity index (χ4v) is 2.14. The lowest BCUT2D eigenvalue weighted by atomic mass is 10.1. The Kier molecular flexibility index (Phi) is 4.97. The maximum atomic E-state index is 10.7. The third kappa shape index (κ3) is 4.75. The van der Waals surface area contributed by atoms with E-state index in [4.69, 9.17) is 16.7 Å². The third-order valence-electron chi connectivity index (χ3n) is 2.56. The molecule has 0 saturated carbocycles. The Morgan fingerprint density at radius 3 is 2.65 bits per heavy atom. The molecule has 0 aliphatic rings. The van der Waals surface area contributed by atoms with Gasteiger partial charge in [-0.25, -0.2) is 0 Å². The number of hydrogen-bond acceptors (Lipinski definition) is 2. The molecule has 1 aromatic carbocycles. The number of carbonyl (C=O) groups is 1. The SMILES string of the molecule is Cc1cc(Cl)cc(CN(C)CC(C)C(=O)O)c1. The van der Waals surface area contributed by atoms with Crippen LogP contribution < -0.4 is 0 Å². The number of halogens is 1. The van der Waals surface area contributed by atoms with E-state index < -0.39 is 5.97 Å². The average molecular weight is 256 g/mol. The van der Waals surface area contributed by atoms with Crippen LogP contribution in [0.2, 0.25) is 5.02 Å². The van der Waals surface area contributed by atoms with Gasteiger partial charge in [-0.05, 0) is 37.2 Å². The van der Waals surface area contributed by atoms with Crippen molar-refractivity contribution in [2.45, 2.75) is 20.4 Å². The third-order valence-corrected chi connectivity index (χ3v) is 2.78. The monoisotopic (exact) mass is 255 g/mol. The van der Waals surface area contributed by atoms with Gasteiger partial charge in [0.15, 0.2) is 0 Å². The minimum atomic E-state index is -0.765. The topological polar surface area (TPSA) is 40.5 Å². The van der Waals surface area contributed by atoms with Crippen LogP contribution in [0.3, 0.4) is 0 Å². The zero-order chi connectivity index (χ0) is 13.0. The second kappa shape index (κ2) is 6.03. The molecular formula is C13H18ClNO2. The summed E-state index contributed by atoms with van der Waals surface area (Å²) in [7, 11) is 1.91. The summed E-state index contributed by atoms with van der Waals surface area (Å²) in [4.78, 5) is 12.7. The molecule has 4 heteroatoms. The number of carboxylic acids is 1. The van der Waals surface area contributed by atoms with Crippen molar-refractivity contribution in [1.29, 1.82) is 0 Å². The zero-order valence-electron chi connectivity index (χ0n) is 10.4. The van der Waals surface area contributed by atoms with Gasteiger partial charge in [0, 0.05) is 18.1 Å². The molecule has 94 valence electrons. The predicted octanol–water partition coefficient (Wildman–Crippen LogP) is 2.80. The molecule has 0 saturated heterocycles. The van der Waals surface area contributed by atoms with Crippen LogP contribution in [0.4, 0.5) is 0 Å². The van der Waals surface area contributed by atoms with E-state index in [1.807, 2.05) is 31.0 Å². The fraction of sp³-hybridized carbons (Fsp3) is 0.462. The Hall–Kier alpha value is -1.06. The standard InChI is InChI=1S/C13H18ClNO2/c1-9-4-11(6-12(14)5-9)8-15(3)7-10(2)13(16)17/h4-6,10H,7-8H2,1-3H3,(H,16,17). The second-order valence-electron chi connectivity index (χ2n) is 4.57. The van der Waals surface area contributed by atoms with Gasteiger partial charge in [0.05, 0.1) is 5.92 Å². The van der Waals surface area contributed by atoms with Crippen LogP contribution in [0.5, 0.6) is 0 Å². The highest BCUT2D eigenvalue weighted by Crippen LogP contribution is 2.16. The summed E-state index contributed by atoms with van der Waals surface area (Å²) < 4.78 is 0. The maximum absolute atomic E-state index is 10.7. The Morgan fingerprint density at radius 1 is 1.47 bits per heavy atom. The highest BCUT2D eigenvalue weighted by molar-refractivity contribution is 6.30. The van der Waals surface area contributed by atoms with Crippen LogP contribution >= 0.6 is 11.6 Å². The molecule has 0 spiro atoms. The molecule has 0 heterocycles. The number of aliphatic carboxylic acids is 1. The Morgan fingerprint density at radius 2 is 2.12 bits per heavy atom. The Bertz CT molecular complexity index is 386. The summed E-state index contributed by atoms with van der Waals surface area (Å²) in [5.41, 5.74) is 2.22. The molecule has 3 nitrogen and oxygen atoms in total. The first kappa shape index (κ1) is 14.0. The first-order valence-electron chi connectivity index (χ1n) is 5.56. The number of nitrogens with zero attached hydrogens (tertiary/aromatic N) is 1. The number of hydrogen-bond donors (Lipinski definition) is 1. The van der Waals surface area contributed by atoms with Gasteiger partial charge in [0.2, 0.25) is 0 Å². The van der Waals surface area contributed by atoms with Crippen molar-refractivity contribution in [2.75, 3.05) is 13.6 Å². The number of benzene rings is 1. The molecule has 1 atom stereocenters. The quantitative estimate of drug-likeness (QED) is 0.880. The number of rotatable bonds is 5. The van der Waals surface area contributed by atoms with E-state index in [0.29, 0.717) is 13.1 Å². The van der Waals surface area contributed by atoms with Crippen LogP contribution in [0, 0.1) is 12.8 Å². The Labute approximate surface area is 107 Å². The van der Waals surface area contributed by atoms with Gasteiger partial charge in [-0.3, -0.25) is 4.79 Å². The van der Waals surface area contributed by atoms with Gasteiger partial charge in [0.25, 0.3) is 0 Å². The van der Waals surface area contributed by atoms with E-state index in [-0.39, 0.29) is 5.92 Å². The van der Waals surface area contributed by atoms with Crippen LogP contribution in [0.25, 0.3) is 0 Å². The molecular weight excluding hydrogens is 238 g/mol. The van der Waals surface area contributed by atoms with Crippen LogP contribution in [-0.4, -0.2) is 29.6 Å². The minimum absolute atomic E-state index is 0.361. The van der Waals surface area contributed by atoms with Crippen LogP contribution in [0.15, 0.2) is 18.2 Å². The van der Waals surface area contributed by atoms with Gasteiger partial charge in [0.1, 0.15) is 0 Å². The van der Waals surface area contributed by atoms with Crippen molar-refractivity contribution in [1.82, 2.24) is 4.90 Å². The molecule has 0 fully saturated rings. The molecule has 0 bridgehead atoms. The normalized spacial score (nSPS) is 12.8. The fourth-order valence-electron chi connectivity index (χ4n) is 1.83. The van der Waals surface area contributed by atoms with Crippen molar-refractivity contribution in [3.8, 4) is 0 Å². The van der Waals surface area contributed by atoms with E-state index in [1.165, 1.54) is 0 Å². The smallest absolute Gasteiger partial charge is 0.307 e. The molecule has 0 aliphatic heterocycles. The first-order valence-corrected chi connectivity index (χ1v) is 5.93. The van der Waals surface area contributed by atoms with Crippen molar-refractivity contribution in [3.63, 3.8) is 0 Å². The molecule has 0 radical (unpaired) electrons. The summed E-state index contributed by atoms with van der Waals surface area (Å²) in [6.07, 6.45) is 0. The van der Waals surface area contributed by atoms with Crippen molar-refractivity contribution in [2.24, 2.45) is 5.92 Å². The Balaban J connectivity index is 2.61. The molecule has 1 N–H and O–H groups in total. The molecule has 0 aliphatic carbocycles. The summed E-state index contributed by atoms with van der Waals surface area (Å²) in [5.74, 6) is -1.13. The second-order valence-corrected chi connectivity index (χ2v) is 5.01. The van der Waals surface area contributed by atoms with Crippen LogP contribution in [-0.2, 0) is 11.3 Å². The number of carboxylic acid groups (broad SMARTS) is 1. The highest BCUT2D eigenvalue weighted by Gasteiger charge is 2.13. The highest BCUT2D eigenvalue weighted by atomic mass is 35.5. The zero-order valence-corrected chi connectivity index (χ0v) is 11.2. The van der Waals surface area contributed by atoms with Gasteiger partial charge >= 0.3 is 5.97 Å². The summed E-state index contributed by atoms with van der Waals surface area (Å²) in [6, 6.07) is 5.88. The largest absolute Gasteiger partial charge is 0.481 e. The lowest BCUT2D eigenvalue weighted by Crippen LogP contribution is -2.28. The molecule has 0 aromatic heterocycles. The first-order chi connectivity index (χ1) is 7.88. The summed E-state index contributed by atoms with van der Waals surface area (Å²) in [5, 5.41) is 9.56. The van der Waals surface area contributed by atoms with Crippen molar-refractivity contribution < 1.29 is 9.90 Å². The predicted molar refractivity (Wildman–Crippen MR) is 69.3 cm³/mol. The lowest BCUT2D eigenvalue weighted by molar-refractivity contribution is -0.141. The van der Waals surface area contributed by atoms with E-state index >= 15 is 0 Å². The van der Waals surface area contributed by atoms with E-state index in [2.05, 4.69) is 6.07 Å². The average Bonchev–Trinajstić information content (AvgIpc) is 2.14. The molecule has 17 heavy (non-hydrogen) atoms. The molecule has 0 amide bonds. The van der Waals surface area contributed by atoms with Crippen LogP contribution in [0.1, 0.15) is 18.1 Å². The molecule has 1 unspecified atom stereocenters. The minimum Gasteiger partial charge on any atom is -0.481 e.